The highest BCUT2D eigenvalue weighted by Crippen LogP contribution is 2.68. The van der Waals surface area contributed by atoms with Gasteiger partial charge in [-0.05, 0) is 137 Å². The maximum Gasteiger partial charge on any atom is -0.00154 e. The number of rotatable bonds is 0. The molecule has 0 spiro atoms. The largest absolute Gasteiger partial charge is 0.0802 e. The van der Waals surface area contributed by atoms with E-state index in [4.69, 9.17) is 0 Å². The zero-order valence-electron chi connectivity index (χ0n) is 31.4. The maximum absolute atomic E-state index is 2.53. The molecule has 8 unspecified atom stereocenters. The Hall–Kier alpha value is -6.24. The minimum absolute atomic E-state index is 0.560. The molecule has 8 aromatic carbocycles. The lowest BCUT2D eigenvalue weighted by Gasteiger charge is -2.59. The summed E-state index contributed by atoms with van der Waals surface area (Å²) in [5, 5.41) is 10.5. The molecule has 268 valence electrons. The third kappa shape index (κ3) is 5.50. The van der Waals surface area contributed by atoms with Crippen LogP contribution in [0.2, 0.25) is 0 Å². The van der Waals surface area contributed by atoms with Crippen LogP contribution in [0.5, 0.6) is 0 Å². The summed E-state index contributed by atoms with van der Waals surface area (Å²) in [6.45, 7) is 0. The topological polar surface area (TPSA) is 0 Å². The molecular weight excluding hydrogens is 673 g/mol. The minimum Gasteiger partial charge on any atom is -0.0802 e. The van der Waals surface area contributed by atoms with Crippen LogP contribution in [0, 0.1) is 23.7 Å². The molecule has 0 aliphatic heterocycles. The van der Waals surface area contributed by atoms with Gasteiger partial charge in [0.15, 0.2) is 0 Å². The molecule has 8 aliphatic carbocycles. The molecule has 0 heterocycles. The first-order chi connectivity index (χ1) is 27.8. The molecule has 8 atom stereocenters. The quantitative estimate of drug-likeness (QED) is 0.137. The van der Waals surface area contributed by atoms with Gasteiger partial charge in [0.25, 0.3) is 0 Å². The van der Waals surface area contributed by atoms with E-state index in [9.17, 15) is 0 Å². The Morgan fingerprint density at radius 1 is 0.214 bits per heavy atom. The van der Waals surface area contributed by atoms with Crippen molar-refractivity contribution in [3.05, 3.63) is 241 Å². The number of hydrogen-bond donors (Lipinski definition) is 0. The Bertz CT molecular complexity index is 2390. The predicted octanol–water partition coefficient (Wildman–Crippen LogP) is 14.5. The first kappa shape index (κ1) is 33.1. The summed E-state index contributed by atoms with van der Waals surface area (Å²) in [6.07, 6.45) is 19.3. The third-order valence-corrected chi connectivity index (χ3v) is 13.5. The number of fused-ring (bicyclic) bond motifs is 4. The lowest BCUT2D eigenvalue weighted by Crippen LogP contribution is -2.48. The molecule has 0 heteroatoms. The van der Waals surface area contributed by atoms with E-state index < -0.39 is 0 Å². The fourth-order valence-corrected chi connectivity index (χ4v) is 11.3. The van der Waals surface area contributed by atoms with Gasteiger partial charge in [0.1, 0.15) is 0 Å². The zero-order valence-corrected chi connectivity index (χ0v) is 31.4. The highest BCUT2D eigenvalue weighted by atomic mass is 14.6. The highest BCUT2D eigenvalue weighted by molar-refractivity contribution is 5.99. The highest BCUT2D eigenvalue weighted by Gasteiger charge is 2.57. The molecule has 8 aliphatic rings. The molecule has 1 saturated carbocycles. The van der Waals surface area contributed by atoms with Crippen molar-refractivity contribution < 1.29 is 0 Å². The van der Waals surface area contributed by atoms with E-state index in [1.54, 1.807) is 22.3 Å². The van der Waals surface area contributed by atoms with E-state index in [2.05, 4.69) is 218 Å². The molecule has 16 rings (SSSR count). The van der Waals surface area contributed by atoms with Gasteiger partial charge in [-0.2, -0.15) is 0 Å². The molecule has 0 N–H and O–H groups in total. The molecule has 0 amide bonds. The number of hydrogen-bond acceptors (Lipinski definition) is 0. The SMILES string of the molecule is C1=CC2C(C=C1)C1c3ccccc3C2C2c3ccccc3C1C1C=CC=CC12.c1ccc2cc3ccccc3cc2c1.c1ccc2cc3ccccc3cc2c1. The molecule has 0 nitrogen and oxygen atoms in total. The lowest BCUT2D eigenvalue weighted by atomic mass is 9.44. The molecule has 56 heavy (non-hydrogen) atoms. The van der Waals surface area contributed by atoms with Crippen LogP contribution in [-0.4, -0.2) is 0 Å². The van der Waals surface area contributed by atoms with E-state index >= 15 is 0 Å². The zero-order chi connectivity index (χ0) is 37.0. The van der Waals surface area contributed by atoms with E-state index in [0.717, 1.165) is 0 Å². The van der Waals surface area contributed by atoms with Crippen molar-refractivity contribution >= 4 is 43.1 Å². The van der Waals surface area contributed by atoms with Gasteiger partial charge in [-0.3, -0.25) is 0 Å². The Labute approximate surface area is 329 Å². The smallest absolute Gasteiger partial charge is 0.00154 e. The Kier molecular flexibility index (Phi) is 8.17. The van der Waals surface area contributed by atoms with Crippen LogP contribution >= 0.6 is 0 Å². The van der Waals surface area contributed by atoms with E-state index in [-0.39, 0.29) is 0 Å². The summed E-state index contributed by atoms with van der Waals surface area (Å²) in [7, 11) is 0. The Morgan fingerprint density at radius 3 is 0.589 bits per heavy atom. The summed E-state index contributed by atoms with van der Waals surface area (Å²) < 4.78 is 0. The fourth-order valence-electron chi connectivity index (χ4n) is 11.3. The average molecular weight is 717 g/mol. The van der Waals surface area contributed by atoms with Crippen LogP contribution in [0.3, 0.4) is 0 Å². The number of benzene rings is 8. The predicted molar refractivity (Wildman–Crippen MR) is 237 cm³/mol. The summed E-state index contributed by atoms with van der Waals surface area (Å²) in [4.78, 5) is 0. The summed E-state index contributed by atoms with van der Waals surface area (Å²) >= 11 is 0. The summed E-state index contributed by atoms with van der Waals surface area (Å²) in [5.74, 6) is 4.71. The van der Waals surface area contributed by atoms with Gasteiger partial charge in [-0.25, -0.2) is 0 Å². The Morgan fingerprint density at radius 2 is 0.393 bits per heavy atom. The van der Waals surface area contributed by atoms with E-state index in [0.29, 0.717) is 47.3 Å². The van der Waals surface area contributed by atoms with Crippen LogP contribution in [0.4, 0.5) is 0 Å². The second-order valence-electron chi connectivity index (χ2n) is 16.3. The lowest BCUT2D eigenvalue weighted by molar-refractivity contribution is 0.136. The maximum atomic E-state index is 2.53. The minimum atomic E-state index is 0.560. The molecular formula is C56H44. The summed E-state index contributed by atoms with van der Waals surface area (Å²) in [5.41, 5.74) is 6.50. The van der Waals surface area contributed by atoms with Crippen molar-refractivity contribution in [3.63, 3.8) is 0 Å². The van der Waals surface area contributed by atoms with Crippen LogP contribution < -0.4 is 0 Å². The fraction of sp³-hybridized carbons (Fsp3) is 0.143. The van der Waals surface area contributed by atoms with Gasteiger partial charge in [0.2, 0.25) is 0 Å². The van der Waals surface area contributed by atoms with Crippen molar-refractivity contribution in [2.75, 3.05) is 0 Å². The van der Waals surface area contributed by atoms with Gasteiger partial charge >= 0.3 is 0 Å². The first-order valence-corrected chi connectivity index (χ1v) is 20.4. The second-order valence-corrected chi connectivity index (χ2v) is 16.3. The van der Waals surface area contributed by atoms with Gasteiger partial charge < -0.3 is 0 Å². The molecule has 0 saturated heterocycles. The molecule has 8 aromatic rings. The molecule has 1 fully saturated rings. The third-order valence-electron chi connectivity index (χ3n) is 13.5. The van der Waals surface area contributed by atoms with Gasteiger partial charge in [0.05, 0.1) is 0 Å². The normalized spacial score (nSPS) is 25.6. The standard InChI is InChI=1S/C28H24.2C14H10/c1-2-10-18-17(9-1)25-19-11-3-4-12-20(19)26(18)28-23-15-7-5-13-21(23)27(25)22-14-6-8-16-24(22)28;2*1-2-6-12-10-14-8-4-3-7-13(14)9-11(12)5-1/h1-18,21,23,25-28H;2*1-10H. The van der Waals surface area contributed by atoms with Crippen molar-refractivity contribution in [3.8, 4) is 0 Å². The molecule has 4 bridgehead atoms. The second kappa shape index (κ2) is 13.8. The van der Waals surface area contributed by atoms with Crippen LogP contribution in [0.1, 0.15) is 45.9 Å². The average Bonchev–Trinajstić information content (AvgIpc) is 3.26. The first-order valence-electron chi connectivity index (χ1n) is 20.4. The Balaban J connectivity index is 0.000000109. The van der Waals surface area contributed by atoms with Gasteiger partial charge in [-0.1, -0.05) is 194 Å². The van der Waals surface area contributed by atoms with Gasteiger partial charge in [0, 0.05) is 0 Å². The van der Waals surface area contributed by atoms with Crippen LogP contribution in [-0.2, 0) is 0 Å². The monoisotopic (exact) mass is 716 g/mol. The van der Waals surface area contributed by atoms with Crippen molar-refractivity contribution in [2.24, 2.45) is 23.7 Å². The van der Waals surface area contributed by atoms with Crippen LogP contribution in [0.25, 0.3) is 43.1 Å². The van der Waals surface area contributed by atoms with Crippen molar-refractivity contribution in [2.45, 2.75) is 23.7 Å². The van der Waals surface area contributed by atoms with E-state index in [1.165, 1.54) is 43.1 Å². The van der Waals surface area contributed by atoms with Crippen LogP contribution in [0.15, 0.2) is 218 Å². The van der Waals surface area contributed by atoms with E-state index in [1.807, 2.05) is 0 Å². The molecule has 0 radical (unpaired) electrons. The van der Waals surface area contributed by atoms with Gasteiger partial charge in [-0.15, -0.1) is 0 Å². The van der Waals surface area contributed by atoms with Crippen molar-refractivity contribution in [1.82, 2.24) is 0 Å². The molecule has 0 aromatic heterocycles. The van der Waals surface area contributed by atoms with Crippen molar-refractivity contribution in [1.29, 1.82) is 0 Å². The summed E-state index contributed by atoms with van der Waals surface area (Å²) in [6, 6.07) is 61.7. The number of allylic oxidation sites excluding steroid dienone is 8.